The molecule has 3 rings (SSSR count). The molecule has 2 aromatic rings. The molecule has 0 saturated heterocycles. The molecular formula is C17H23N3. The summed E-state index contributed by atoms with van der Waals surface area (Å²) in [5, 5.41) is 7.99. The zero-order valence-electron chi connectivity index (χ0n) is 12.5. The van der Waals surface area contributed by atoms with E-state index in [1.165, 1.54) is 18.4 Å². The third kappa shape index (κ3) is 1.97. The van der Waals surface area contributed by atoms with Gasteiger partial charge in [-0.1, -0.05) is 32.0 Å². The fourth-order valence-electron chi connectivity index (χ4n) is 3.55. The lowest BCUT2D eigenvalue weighted by Crippen LogP contribution is -2.55. The van der Waals surface area contributed by atoms with E-state index in [4.69, 9.17) is 0 Å². The fourth-order valence-corrected chi connectivity index (χ4v) is 3.55. The van der Waals surface area contributed by atoms with Crippen molar-refractivity contribution in [2.45, 2.75) is 38.6 Å². The molecule has 0 spiro atoms. The topological polar surface area (TPSA) is 29.9 Å². The van der Waals surface area contributed by atoms with E-state index in [1.54, 1.807) is 0 Å². The van der Waals surface area contributed by atoms with Crippen LogP contribution in [0.25, 0.3) is 5.69 Å². The maximum absolute atomic E-state index is 4.54. The van der Waals surface area contributed by atoms with E-state index >= 15 is 0 Å². The molecule has 1 aromatic carbocycles. The molecule has 3 nitrogen and oxygen atoms in total. The Balaban J connectivity index is 1.85. The molecule has 3 heteroatoms. The molecule has 1 heterocycles. The molecule has 1 aromatic heterocycles. The second-order valence-electron chi connectivity index (χ2n) is 6.04. The third-order valence-corrected chi connectivity index (χ3v) is 5.20. The summed E-state index contributed by atoms with van der Waals surface area (Å²) in [4.78, 5) is 0. The minimum atomic E-state index is 0.347. The maximum atomic E-state index is 4.54. The molecular weight excluding hydrogens is 246 g/mol. The van der Waals surface area contributed by atoms with Gasteiger partial charge in [-0.15, -0.1) is 0 Å². The Morgan fingerprint density at radius 2 is 2.10 bits per heavy atom. The van der Waals surface area contributed by atoms with Gasteiger partial charge in [-0.2, -0.15) is 5.10 Å². The van der Waals surface area contributed by atoms with Gasteiger partial charge in [-0.05, 0) is 48.9 Å². The maximum Gasteiger partial charge on any atom is 0.0645 e. The summed E-state index contributed by atoms with van der Waals surface area (Å²) < 4.78 is 1.98. The Labute approximate surface area is 121 Å². The molecule has 3 unspecified atom stereocenters. The normalized spacial score (nSPS) is 29.1. The van der Waals surface area contributed by atoms with Gasteiger partial charge in [0.05, 0.1) is 11.9 Å². The number of rotatable bonds is 4. The zero-order valence-corrected chi connectivity index (χ0v) is 12.5. The van der Waals surface area contributed by atoms with Crippen LogP contribution in [-0.4, -0.2) is 22.9 Å². The van der Waals surface area contributed by atoms with Crippen LogP contribution in [0.4, 0.5) is 0 Å². The molecule has 3 atom stereocenters. The molecule has 1 aliphatic carbocycles. The van der Waals surface area contributed by atoms with Crippen molar-refractivity contribution in [3.8, 4) is 5.69 Å². The highest BCUT2D eigenvalue weighted by atomic mass is 15.3. The lowest BCUT2D eigenvalue weighted by molar-refractivity contribution is 0.0495. The van der Waals surface area contributed by atoms with Crippen molar-refractivity contribution < 1.29 is 0 Å². The van der Waals surface area contributed by atoms with Gasteiger partial charge in [-0.25, -0.2) is 4.68 Å². The van der Waals surface area contributed by atoms with Crippen LogP contribution in [-0.2, 0) is 0 Å². The smallest absolute Gasteiger partial charge is 0.0645 e. The van der Waals surface area contributed by atoms with E-state index in [0.29, 0.717) is 17.4 Å². The predicted octanol–water partition coefficient (Wildman–Crippen LogP) is 3.36. The highest BCUT2D eigenvalue weighted by Gasteiger charge is 2.50. The van der Waals surface area contributed by atoms with Gasteiger partial charge >= 0.3 is 0 Å². The second kappa shape index (κ2) is 5.06. The Morgan fingerprint density at radius 1 is 1.35 bits per heavy atom. The first-order valence-electron chi connectivity index (χ1n) is 7.46. The summed E-state index contributed by atoms with van der Waals surface area (Å²) >= 11 is 0. The largest absolute Gasteiger partial charge is 0.316 e. The van der Waals surface area contributed by atoms with Crippen molar-refractivity contribution in [1.29, 1.82) is 0 Å². The molecule has 20 heavy (non-hydrogen) atoms. The molecule has 1 fully saturated rings. The molecule has 106 valence electrons. The van der Waals surface area contributed by atoms with Crippen LogP contribution in [0.2, 0.25) is 0 Å². The average Bonchev–Trinajstić information content (AvgIpc) is 2.96. The molecule has 0 amide bonds. The van der Waals surface area contributed by atoms with Crippen molar-refractivity contribution in [2.75, 3.05) is 7.05 Å². The molecule has 0 aliphatic heterocycles. The van der Waals surface area contributed by atoms with Crippen molar-refractivity contribution in [3.05, 3.63) is 48.3 Å². The Bertz CT molecular complexity index is 575. The van der Waals surface area contributed by atoms with Crippen LogP contribution in [0.5, 0.6) is 0 Å². The first-order valence-corrected chi connectivity index (χ1v) is 7.46. The highest BCUT2D eigenvalue weighted by Crippen LogP contribution is 2.54. The van der Waals surface area contributed by atoms with Crippen molar-refractivity contribution in [3.63, 3.8) is 0 Å². The summed E-state index contributed by atoms with van der Waals surface area (Å²) in [5.41, 5.74) is 2.84. The van der Waals surface area contributed by atoms with E-state index < -0.39 is 0 Å². The Morgan fingerprint density at radius 3 is 2.75 bits per heavy atom. The third-order valence-electron chi connectivity index (χ3n) is 5.20. The van der Waals surface area contributed by atoms with E-state index in [2.05, 4.69) is 49.6 Å². The quantitative estimate of drug-likeness (QED) is 0.922. The number of nitrogens with zero attached hydrogens (tertiary/aromatic N) is 2. The van der Waals surface area contributed by atoms with Crippen molar-refractivity contribution in [1.82, 2.24) is 15.1 Å². The van der Waals surface area contributed by atoms with Crippen LogP contribution in [0.1, 0.15) is 38.2 Å². The van der Waals surface area contributed by atoms with E-state index in [9.17, 15) is 0 Å². The van der Waals surface area contributed by atoms with Gasteiger partial charge in [0.25, 0.3) is 0 Å². The summed E-state index contributed by atoms with van der Waals surface area (Å²) in [6.45, 7) is 4.68. The summed E-state index contributed by atoms with van der Waals surface area (Å²) in [6, 6.07) is 10.9. The van der Waals surface area contributed by atoms with E-state index in [0.717, 1.165) is 5.69 Å². The minimum Gasteiger partial charge on any atom is -0.316 e. The number of benzene rings is 1. The van der Waals surface area contributed by atoms with Gasteiger partial charge in [0, 0.05) is 12.2 Å². The van der Waals surface area contributed by atoms with Crippen LogP contribution in [0.3, 0.4) is 0 Å². The van der Waals surface area contributed by atoms with Crippen LogP contribution < -0.4 is 5.32 Å². The van der Waals surface area contributed by atoms with Gasteiger partial charge in [0.1, 0.15) is 0 Å². The standard InChI is InChI=1S/C17H23N3/c1-4-17(2)15(10-16(17)18-3)13-11-19-20(12-13)14-8-6-5-7-9-14/h5-9,11-12,15-16,18H,4,10H2,1-3H3. The Hall–Kier alpha value is -1.61. The first-order chi connectivity index (χ1) is 9.69. The highest BCUT2D eigenvalue weighted by molar-refractivity contribution is 5.33. The van der Waals surface area contributed by atoms with Crippen molar-refractivity contribution in [2.24, 2.45) is 5.41 Å². The molecule has 1 saturated carbocycles. The summed E-state index contributed by atoms with van der Waals surface area (Å²) in [5.74, 6) is 0.613. The molecule has 0 bridgehead atoms. The van der Waals surface area contributed by atoms with Crippen LogP contribution in [0, 0.1) is 5.41 Å². The van der Waals surface area contributed by atoms with Gasteiger partial charge in [0.2, 0.25) is 0 Å². The average molecular weight is 269 g/mol. The van der Waals surface area contributed by atoms with E-state index in [-0.39, 0.29) is 0 Å². The number of nitrogens with one attached hydrogen (secondary N) is 1. The monoisotopic (exact) mass is 269 g/mol. The number of hydrogen-bond donors (Lipinski definition) is 1. The molecule has 0 radical (unpaired) electrons. The first kappa shape index (κ1) is 13.4. The zero-order chi connectivity index (χ0) is 14.2. The SMILES string of the molecule is CCC1(C)C(NC)CC1c1cnn(-c2ccccc2)c1. The lowest BCUT2D eigenvalue weighted by Gasteiger charge is -2.54. The molecule has 1 N–H and O–H groups in total. The van der Waals surface area contributed by atoms with E-state index in [1.807, 2.05) is 29.1 Å². The second-order valence-corrected chi connectivity index (χ2v) is 6.04. The number of aromatic nitrogens is 2. The summed E-state index contributed by atoms with van der Waals surface area (Å²) in [6.07, 6.45) is 6.64. The van der Waals surface area contributed by atoms with Crippen molar-refractivity contribution >= 4 is 0 Å². The summed E-state index contributed by atoms with van der Waals surface area (Å²) in [7, 11) is 2.07. The van der Waals surface area contributed by atoms with Gasteiger partial charge < -0.3 is 5.32 Å². The number of hydrogen-bond acceptors (Lipinski definition) is 2. The Kier molecular flexibility index (Phi) is 3.38. The lowest BCUT2D eigenvalue weighted by atomic mass is 9.54. The fraction of sp³-hybridized carbons (Fsp3) is 0.471. The number of para-hydroxylation sites is 1. The van der Waals surface area contributed by atoms with Crippen LogP contribution in [0.15, 0.2) is 42.7 Å². The predicted molar refractivity (Wildman–Crippen MR) is 82.2 cm³/mol. The van der Waals surface area contributed by atoms with Crippen LogP contribution >= 0.6 is 0 Å². The van der Waals surface area contributed by atoms with Gasteiger partial charge in [-0.3, -0.25) is 0 Å². The van der Waals surface area contributed by atoms with Gasteiger partial charge in [0.15, 0.2) is 0 Å². The minimum absolute atomic E-state index is 0.347. The molecule has 1 aliphatic rings.